The average Bonchev–Trinajstić information content (AvgIpc) is 3.40. The number of rotatable bonds is 6. The number of likely N-dealkylation sites (tertiary alicyclic amines) is 1. The van der Waals surface area contributed by atoms with Gasteiger partial charge in [-0.3, -0.25) is 9.59 Å². The van der Waals surface area contributed by atoms with Gasteiger partial charge in [0.1, 0.15) is 11.3 Å². The summed E-state index contributed by atoms with van der Waals surface area (Å²) in [7, 11) is 4.13. The molecule has 0 bridgehead atoms. The zero-order chi connectivity index (χ0) is 27.5. The Morgan fingerprint density at radius 2 is 1.92 bits per heavy atom. The minimum absolute atomic E-state index is 0.145. The summed E-state index contributed by atoms with van der Waals surface area (Å²) in [5.41, 5.74) is 9.45. The Balaban J connectivity index is 1.37. The number of nitrogen functional groups attached to an aromatic ring is 1. The Bertz CT molecular complexity index is 1310. The van der Waals surface area contributed by atoms with Crippen molar-refractivity contribution in [1.29, 1.82) is 0 Å². The number of carbonyl (C=O) groups is 2. The lowest BCUT2D eigenvalue weighted by atomic mass is 9.89. The van der Waals surface area contributed by atoms with Gasteiger partial charge in [-0.05, 0) is 69.7 Å². The van der Waals surface area contributed by atoms with Crippen molar-refractivity contribution in [3.8, 4) is 0 Å². The fourth-order valence-corrected chi connectivity index (χ4v) is 5.60. The van der Waals surface area contributed by atoms with Gasteiger partial charge in [-0.15, -0.1) is 0 Å². The SMILES string of the molecule is C[C@H]1CC[C@H](c2ccc(CCN(C)C)cc2)N(C(=O)C(=O)Nc2cnc(N)c3cnn(C4CCCCO4)c23)C1. The minimum atomic E-state index is -0.693. The predicted molar refractivity (Wildman–Crippen MR) is 151 cm³/mol. The maximum atomic E-state index is 13.6. The number of hydrogen-bond donors (Lipinski definition) is 2. The molecule has 3 N–H and O–H groups in total. The summed E-state index contributed by atoms with van der Waals surface area (Å²) >= 11 is 0. The van der Waals surface area contributed by atoms with E-state index in [-0.39, 0.29) is 12.3 Å². The first kappa shape index (κ1) is 27.1. The maximum Gasteiger partial charge on any atom is 0.314 e. The number of carbonyl (C=O) groups excluding carboxylic acids is 2. The van der Waals surface area contributed by atoms with E-state index in [9.17, 15) is 9.59 Å². The van der Waals surface area contributed by atoms with E-state index in [0.717, 1.165) is 50.6 Å². The molecule has 4 heterocycles. The summed E-state index contributed by atoms with van der Waals surface area (Å²) in [5, 5.41) is 7.94. The minimum Gasteiger partial charge on any atom is -0.383 e. The van der Waals surface area contributed by atoms with Crippen molar-refractivity contribution in [3.05, 3.63) is 47.8 Å². The van der Waals surface area contributed by atoms with Gasteiger partial charge in [0, 0.05) is 19.7 Å². The van der Waals surface area contributed by atoms with Crippen molar-refractivity contribution >= 4 is 34.2 Å². The number of likely N-dealkylation sites (N-methyl/N-ethyl adjacent to an activating group) is 1. The molecule has 0 radical (unpaired) electrons. The summed E-state index contributed by atoms with van der Waals surface area (Å²) in [6.07, 6.45) is 8.50. The number of fused-ring (bicyclic) bond motifs is 1. The number of hydrogen-bond acceptors (Lipinski definition) is 7. The van der Waals surface area contributed by atoms with E-state index in [4.69, 9.17) is 10.5 Å². The molecule has 2 aromatic heterocycles. The number of aromatic nitrogens is 3. The van der Waals surface area contributed by atoms with E-state index in [1.165, 1.54) is 11.8 Å². The molecule has 208 valence electrons. The lowest BCUT2D eigenvalue weighted by molar-refractivity contribution is -0.146. The maximum absolute atomic E-state index is 13.6. The van der Waals surface area contributed by atoms with Gasteiger partial charge in [-0.1, -0.05) is 31.2 Å². The van der Waals surface area contributed by atoms with E-state index in [1.807, 2.05) is 0 Å². The number of amides is 2. The summed E-state index contributed by atoms with van der Waals surface area (Å²) in [6, 6.07) is 8.31. The molecule has 0 aliphatic carbocycles. The van der Waals surface area contributed by atoms with E-state index in [2.05, 4.69) is 65.6 Å². The second-order valence-corrected chi connectivity index (χ2v) is 11.1. The first-order valence-corrected chi connectivity index (χ1v) is 13.9. The van der Waals surface area contributed by atoms with Crippen LogP contribution in [0.3, 0.4) is 0 Å². The third-order valence-corrected chi connectivity index (χ3v) is 7.82. The standard InChI is InChI=1S/C29H39N7O3/c1-19-7-12-24(21-10-8-20(9-11-21)13-14-34(2)3)35(18-19)29(38)28(37)33-23-17-31-27(30)22-16-32-36(26(22)23)25-6-4-5-15-39-25/h8-11,16-17,19,24-25H,4-7,12-15,18H2,1-3H3,(H2,30,31)(H,33,37)/t19-,24+,25?/m0/s1. The Morgan fingerprint density at radius 1 is 1.13 bits per heavy atom. The van der Waals surface area contributed by atoms with E-state index in [1.54, 1.807) is 15.8 Å². The number of ether oxygens (including phenoxy) is 1. The predicted octanol–water partition coefficient (Wildman–Crippen LogP) is 3.76. The first-order valence-electron chi connectivity index (χ1n) is 13.9. The van der Waals surface area contributed by atoms with Crippen molar-refractivity contribution in [3.63, 3.8) is 0 Å². The number of benzene rings is 1. The fraction of sp³-hybridized carbons (Fsp3) is 0.517. The van der Waals surface area contributed by atoms with Crippen LogP contribution >= 0.6 is 0 Å². The Kier molecular flexibility index (Phi) is 8.13. The van der Waals surface area contributed by atoms with Crippen LogP contribution in [0.1, 0.15) is 62.4 Å². The van der Waals surface area contributed by atoms with Gasteiger partial charge in [-0.25, -0.2) is 9.67 Å². The molecule has 0 saturated carbocycles. The normalized spacial score (nSPS) is 21.8. The highest BCUT2D eigenvalue weighted by molar-refractivity contribution is 6.40. The summed E-state index contributed by atoms with van der Waals surface area (Å²) < 4.78 is 7.68. The van der Waals surface area contributed by atoms with Crippen molar-refractivity contribution in [1.82, 2.24) is 24.6 Å². The van der Waals surface area contributed by atoms with Crippen molar-refractivity contribution in [2.24, 2.45) is 5.92 Å². The molecule has 2 fully saturated rings. The molecule has 2 aliphatic rings. The highest BCUT2D eigenvalue weighted by atomic mass is 16.5. The van der Waals surface area contributed by atoms with E-state index >= 15 is 0 Å². The molecule has 3 atom stereocenters. The molecule has 2 saturated heterocycles. The Labute approximate surface area is 229 Å². The Hall–Kier alpha value is -3.50. The molecule has 3 aromatic rings. The number of nitrogens with one attached hydrogen (secondary N) is 1. The topological polar surface area (TPSA) is 119 Å². The van der Waals surface area contributed by atoms with Gasteiger partial charge in [-0.2, -0.15) is 5.10 Å². The Morgan fingerprint density at radius 3 is 2.64 bits per heavy atom. The number of nitrogens with zero attached hydrogens (tertiary/aromatic N) is 5. The third kappa shape index (κ3) is 5.91. The van der Waals surface area contributed by atoms with Crippen molar-refractivity contribution in [2.45, 2.75) is 57.7 Å². The van der Waals surface area contributed by atoms with Crippen LogP contribution in [0.25, 0.3) is 10.9 Å². The van der Waals surface area contributed by atoms with E-state index in [0.29, 0.717) is 41.5 Å². The summed E-state index contributed by atoms with van der Waals surface area (Å²) in [4.78, 5) is 35.2. The molecule has 39 heavy (non-hydrogen) atoms. The van der Waals surface area contributed by atoms with Gasteiger partial charge in [0.05, 0.1) is 29.5 Å². The highest BCUT2D eigenvalue weighted by Crippen LogP contribution is 2.35. The molecule has 0 spiro atoms. The second-order valence-electron chi connectivity index (χ2n) is 11.1. The van der Waals surface area contributed by atoms with Crippen LogP contribution in [0.15, 0.2) is 36.7 Å². The smallest absolute Gasteiger partial charge is 0.314 e. The number of piperidine rings is 1. The lowest BCUT2D eigenvalue weighted by Gasteiger charge is -2.38. The van der Waals surface area contributed by atoms with Gasteiger partial charge in [0.2, 0.25) is 0 Å². The molecule has 2 amide bonds. The van der Waals surface area contributed by atoms with Crippen molar-refractivity contribution in [2.75, 3.05) is 44.8 Å². The van der Waals surface area contributed by atoms with Gasteiger partial charge < -0.3 is 25.6 Å². The zero-order valence-corrected chi connectivity index (χ0v) is 23.1. The highest BCUT2D eigenvalue weighted by Gasteiger charge is 2.35. The fourth-order valence-electron chi connectivity index (χ4n) is 5.60. The number of pyridine rings is 1. The molecular formula is C29H39N7O3. The van der Waals surface area contributed by atoms with Crippen LogP contribution in [-0.2, 0) is 20.7 Å². The molecular weight excluding hydrogens is 494 g/mol. The monoisotopic (exact) mass is 533 g/mol. The summed E-state index contributed by atoms with van der Waals surface area (Å²) in [5.74, 6) is -0.613. The lowest BCUT2D eigenvalue weighted by Crippen LogP contribution is -2.46. The summed E-state index contributed by atoms with van der Waals surface area (Å²) in [6.45, 7) is 4.28. The molecule has 10 heteroatoms. The molecule has 1 aromatic carbocycles. The van der Waals surface area contributed by atoms with Crippen LogP contribution in [0, 0.1) is 5.92 Å². The van der Waals surface area contributed by atoms with Crippen LogP contribution in [0.2, 0.25) is 0 Å². The van der Waals surface area contributed by atoms with Crippen LogP contribution in [0.5, 0.6) is 0 Å². The molecule has 2 aliphatic heterocycles. The first-order chi connectivity index (χ1) is 18.8. The molecule has 5 rings (SSSR count). The number of nitrogens with two attached hydrogens (primary N) is 1. The molecule has 10 nitrogen and oxygen atoms in total. The van der Waals surface area contributed by atoms with Crippen LogP contribution in [-0.4, -0.2) is 70.2 Å². The molecule has 1 unspecified atom stereocenters. The average molecular weight is 534 g/mol. The number of anilines is 2. The van der Waals surface area contributed by atoms with Gasteiger partial charge in [0.25, 0.3) is 0 Å². The van der Waals surface area contributed by atoms with Gasteiger partial charge >= 0.3 is 11.8 Å². The zero-order valence-electron chi connectivity index (χ0n) is 23.1. The largest absolute Gasteiger partial charge is 0.383 e. The van der Waals surface area contributed by atoms with Crippen LogP contribution < -0.4 is 11.1 Å². The van der Waals surface area contributed by atoms with Crippen LogP contribution in [0.4, 0.5) is 11.5 Å². The van der Waals surface area contributed by atoms with E-state index < -0.39 is 11.8 Å². The van der Waals surface area contributed by atoms with Crippen molar-refractivity contribution < 1.29 is 14.3 Å². The van der Waals surface area contributed by atoms with Gasteiger partial charge in [0.15, 0.2) is 6.23 Å². The third-order valence-electron chi connectivity index (χ3n) is 7.82. The second kappa shape index (κ2) is 11.7. The quantitative estimate of drug-likeness (QED) is 0.463.